The van der Waals surface area contributed by atoms with Crippen molar-refractivity contribution in [2.24, 2.45) is 0 Å². The number of hydrogen-bond acceptors (Lipinski definition) is 2. The molecule has 1 N–H and O–H groups in total. The first-order valence-electron chi connectivity index (χ1n) is 6.35. The summed E-state index contributed by atoms with van der Waals surface area (Å²) < 4.78 is 51.2. The van der Waals surface area contributed by atoms with Crippen LogP contribution in [0.4, 0.5) is 17.6 Å². The largest absolute Gasteiger partial charge is 0.416 e. The lowest BCUT2D eigenvalue weighted by Gasteiger charge is -2.16. The molecule has 0 amide bonds. The topological polar surface area (TPSA) is 24.9 Å². The normalized spacial score (nSPS) is 13.2. The third-order valence-corrected chi connectivity index (χ3v) is 3.19. The van der Waals surface area contributed by atoms with Gasteiger partial charge in [0, 0.05) is 6.20 Å². The highest BCUT2D eigenvalue weighted by molar-refractivity contribution is 5.26. The molecular formula is C15H14F4N2. The second-order valence-corrected chi connectivity index (χ2v) is 4.61. The van der Waals surface area contributed by atoms with Crippen LogP contribution in [-0.2, 0) is 12.6 Å². The van der Waals surface area contributed by atoms with E-state index in [0.717, 1.165) is 12.1 Å². The third-order valence-electron chi connectivity index (χ3n) is 3.19. The van der Waals surface area contributed by atoms with Crippen molar-refractivity contribution in [1.82, 2.24) is 10.3 Å². The summed E-state index contributed by atoms with van der Waals surface area (Å²) in [5.41, 5.74) is 0.226. The summed E-state index contributed by atoms with van der Waals surface area (Å²) >= 11 is 0. The summed E-state index contributed by atoms with van der Waals surface area (Å²) in [5.74, 6) is -0.441. The summed E-state index contributed by atoms with van der Waals surface area (Å²) in [6.45, 7) is 0. The van der Waals surface area contributed by atoms with E-state index >= 15 is 0 Å². The highest BCUT2D eigenvalue weighted by Crippen LogP contribution is 2.29. The third kappa shape index (κ3) is 3.78. The molecule has 0 aliphatic heterocycles. The van der Waals surface area contributed by atoms with Crippen molar-refractivity contribution in [3.05, 3.63) is 65.2 Å². The van der Waals surface area contributed by atoms with Gasteiger partial charge in [-0.25, -0.2) is 4.39 Å². The Morgan fingerprint density at radius 1 is 1.14 bits per heavy atom. The van der Waals surface area contributed by atoms with Crippen molar-refractivity contribution in [2.45, 2.75) is 18.6 Å². The maximum Gasteiger partial charge on any atom is 0.416 e. The van der Waals surface area contributed by atoms with Crippen molar-refractivity contribution in [3.63, 3.8) is 0 Å². The molecule has 2 nitrogen and oxygen atoms in total. The fourth-order valence-corrected chi connectivity index (χ4v) is 2.06. The maximum absolute atomic E-state index is 13.7. The van der Waals surface area contributed by atoms with Crippen LogP contribution in [0.2, 0.25) is 0 Å². The molecular weight excluding hydrogens is 284 g/mol. The molecule has 1 unspecified atom stereocenters. The van der Waals surface area contributed by atoms with E-state index < -0.39 is 23.6 Å². The van der Waals surface area contributed by atoms with E-state index in [1.807, 2.05) is 0 Å². The second kappa shape index (κ2) is 6.22. The first kappa shape index (κ1) is 15.4. The van der Waals surface area contributed by atoms with Gasteiger partial charge in [-0.1, -0.05) is 12.1 Å². The molecule has 0 saturated heterocycles. The van der Waals surface area contributed by atoms with Gasteiger partial charge in [0.25, 0.3) is 0 Å². The SMILES string of the molecule is CNC(Cc1ccc(C(F)(F)F)cc1)c1ncccc1F. The lowest BCUT2D eigenvalue weighted by Crippen LogP contribution is -2.21. The van der Waals surface area contributed by atoms with Gasteiger partial charge in [0.15, 0.2) is 0 Å². The monoisotopic (exact) mass is 298 g/mol. The van der Waals surface area contributed by atoms with Crippen molar-refractivity contribution in [2.75, 3.05) is 7.05 Å². The quantitative estimate of drug-likeness (QED) is 0.870. The van der Waals surface area contributed by atoms with Gasteiger partial charge >= 0.3 is 6.18 Å². The van der Waals surface area contributed by atoms with E-state index in [9.17, 15) is 17.6 Å². The van der Waals surface area contributed by atoms with Crippen LogP contribution in [0, 0.1) is 5.82 Å². The van der Waals surface area contributed by atoms with E-state index in [4.69, 9.17) is 0 Å². The molecule has 6 heteroatoms. The smallest absolute Gasteiger partial charge is 0.311 e. The van der Waals surface area contributed by atoms with Crippen molar-refractivity contribution in [1.29, 1.82) is 0 Å². The molecule has 2 aromatic rings. The lowest BCUT2D eigenvalue weighted by molar-refractivity contribution is -0.137. The average molecular weight is 298 g/mol. The first-order chi connectivity index (χ1) is 9.91. The number of benzene rings is 1. The Morgan fingerprint density at radius 2 is 1.81 bits per heavy atom. The maximum atomic E-state index is 13.7. The molecule has 2 rings (SSSR count). The van der Waals surface area contributed by atoms with Crippen LogP contribution in [-0.4, -0.2) is 12.0 Å². The molecule has 0 spiro atoms. The summed E-state index contributed by atoms with van der Waals surface area (Å²) in [6.07, 6.45) is -2.52. The standard InChI is InChI=1S/C15H14F4N2/c1-20-13(14-12(16)3-2-8-21-14)9-10-4-6-11(7-5-10)15(17,18)19/h2-8,13,20H,9H2,1H3. The van der Waals surface area contributed by atoms with E-state index in [-0.39, 0.29) is 5.69 Å². The van der Waals surface area contributed by atoms with Gasteiger partial charge in [-0.05, 0) is 43.3 Å². The van der Waals surface area contributed by atoms with Crippen LogP contribution in [0.5, 0.6) is 0 Å². The molecule has 0 aliphatic rings. The zero-order valence-electron chi connectivity index (χ0n) is 11.3. The Labute approximate surface area is 119 Å². The lowest BCUT2D eigenvalue weighted by atomic mass is 10.0. The molecule has 0 aliphatic carbocycles. The number of halogens is 4. The fourth-order valence-electron chi connectivity index (χ4n) is 2.06. The van der Waals surface area contributed by atoms with Crippen LogP contribution in [0.25, 0.3) is 0 Å². The number of rotatable bonds is 4. The van der Waals surface area contributed by atoms with Crippen LogP contribution < -0.4 is 5.32 Å². The van der Waals surface area contributed by atoms with Gasteiger partial charge < -0.3 is 5.32 Å². The van der Waals surface area contributed by atoms with E-state index in [0.29, 0.717) is 12.0 Å². The molecule has 0 bridgehead atoms. The zero-order valence-corrected chi connectivity index (χ0v) is 11.3. The fraction of sp³-hybridized carbons (Fsp3) is 0.267. The zero-order chi connectivity index (χ0) is 15.5. The Bertz CT molecular complexity index is 593. The number of nitrogens with zero attached hydrogens (tertiary/aromatic N) is 1. The Morgan fingerprint density at radius 3 is 2.33 bits per heavy atom. The molecule has 1 aromatic carbocycles. The predicted molar refractivity (Wildman–Crippen MR) is 71.1 cm³/mol. The van der Waals surface area contributed by atoms with Gasteiger partial charge in [-0.3, -0.25) is 4.98 Å². The summed E-state index contributed by atoms with van der Waals surface area (Å²) in [6, 6.07) is 7.24. The van der Waals surface area contributed by atoms with Gasteiger partial charge in [0.05, 0.1) is 17.3 Å². The minimum Gasteiger partial charge on any atom is -0.311 e. The van der Waals surface area contributed by atoms with Gasteiger partial charge in [-0.15, -0.1) is 0 Å². The highest BCUT2D eigenvalue weighted by atomic mass is 19.4. The molecule has 0 saturated carbocycles. The number of hydrogen-bond donors (Lipinski definition) is 1. The van der Waals surface area contributed by atoms with Crippen molar-refractivity contribution < 1.29 is 17.6 Å². The molecule has 112 valence electrons. The molecule has 1 heterocycles. The minimum absolute atomic E-state index is 0.250. The molecule has 0 radical (unpaired) electrons. The molecule has 21 heavy (non-hydrogen) atoms. The number of alkyl halides is 3. The van der Waals surface area contributed by atoms with E-state index in [2.05, 4.69) is 10.3 Å². The Balaban J connectivity index is 2.18. The summed E-state index contributed by atoms with van der Waals surface area (Å²) in [4.78, 5) is 3.98. The van der Waals surface area contributed by atoms with Crippen molar-refractivity contribution in [3.8, 4) is 0 Å². The van der Waals surface area contributed by atoms with Gasteiger partial charge in [0.1, 0.15) is 5.82 Å². The summed E-state index contributed by atoms with van der Waals surface area (Å²) in [7, 11) is 1.66. The molecule has 1 aromatic heterocycles. The predicted octanol–water partition coefficient (Wildman–Crippen LogP) is 3.74. The minimum atomic E-state index is -4.35. The highest BCUT2D eigenvalue weighted by Gasteiger charge is 2.30. The number of likely N-dealkylation sites (N-methyl/N-ethyl adjacent to an activating group) is 1. The Hall–Kier alpha value is -1.95. The average Bonchev–Trinajstić information content (AvgIpc) is 2.45. The van der Waals surface area contributed by atoms with Gasteiger partial charge in [-0.2, -0.15) is 13.2 Å². The van der Waals surface area contributed by atoms with Crippen LogP contribution >= 0.6 is 0 Å². The second-order valence-electron chi connectivity index (χ2n) is 4.61. The number of aromatic nitrogens is 1. The van der Waals surface area contributed by atoms with Crippen LogP contribution in [0.1, 0.15) is 22.9 Å². The Kier molecular flexibility index (Phi) is 4.57. The van der Waals surface area contributed by atoms with Crippen LogP contribution in [0.3, 0.4) is 0 Å². The van der Waals surface area contributed by atoms with Crippen LogP contribution in [0.15, 0.2) is 42.6 Å². The first-order valence-corrected chi connectivity index (χ1v) is 6.35. The van der Waals surface area contributed by atoms with E-state index in [1.54, 1.807) is 7.05 Å². The summed E-state index contributed by atoms with van der Waals surface area (Å²) in [5, 5.41) is 2.93. The van der Waals surface area contributed by atoms with E-state index in [1.165, 1.54) is 30.5 Å². The number of pyridine rings is 1. The van der Waals surface area contributed by atoms with Crippen molar-refractivity contribution >= 4 is 0 Å². The number of nitrogens with one attached hydrogen (secondary N) is 1. The van der Waals surface area contributed by atoms with Gasteiger partial charge in [0.2, 0.25) is 0 Å². The molecule has 1 atom stereocenters. The molecule has 0 fully saturated rings.